The van der Waals surface area contributed by atoms with E-state index in [9.17, 15) is 9.59 Å². The molecule has 9 heteroatoms. The number of halogens is 1. The molecule has 0 aliphatic carbocycles. The Labute approximate surface area is 204 Å². The summed E-state index contributed by atoms with van der Waals surface area (Å²) in [4.78, 5) is 33.1. The van der Waals surface area contributed by atoms with Gasteiger partial charge in [-0.2, -0.15) is 0 Å². The summed E-state index contributed by atoms with van der Waals surface area (Å²) in [6.07, 6.45) is 2.45. The number of likely N-dealkylation sites (N-methyl/N-ethyl adjacent to an activating group) is 1. The number of hydrogen-bond acceptors (Lipinski definition) is 4. The third-order valence-electron chi connectivity index (χ3n) is 4.89. The van der Waals surface area contributed by atoms with E-state index in [1.165, 1.54) is 4.88 Å². The lowest BCUT2D eigenvalue weighted by molar-refractivity contribution is -0.127. The van der Waals surface area contributed by atoms with Gasteiger partial charge in [0.15, 0.2) is 5.96 Å². The van der Waals surface area contributed by atoms with Crippen molar-refractivity contribution < 1.29 is 9.59 Å². The fourth-order valence-electron chi connectivity index (χ4n) is 3.12. The van der Waals surface area contributed by atoms with Crippen molar-refractivity contribution in [2.75, 3.05) is 38.6 Å². The summed E-state index contributed by atoms with van der Waals surface area (Å²) in [5, 5.41) is 8.48. The molecular weight excluding hydrogens is 525 g/mol. The summed E-state index contributed by atoms with van der Waals surface area (Å²) in [6, 6.07) is 12.1. The molecule has 2 heterocycles. The Bertz CT molecular complexity index is 869. The van der Waals surface area contributed by atoms with Gasteiger partial charge in [0.1, 0.15) is 0 Å². The molecule has 2 aromatic rings. The highest BCUT2D eigenvalue weighted by atomic mass is 127. The van der Waals surface area contributed by atoms with Crippen LogP contribution in [0.2, 0.25) is 0 Å². The zero-order valence-corrected chi connectivity index (χ0v) is 21.1. The lowest BCUT2D eigenvalue weighted by Crippen LogP contribution is -2.43. The molecule has 3 rings (SSSR count). The van der Waals surface area contributed by atoms with Crippen molar-refractivity contribution in [2.45, 2.75) is 25.8 Å². The van der Waals surface area contributed by atoms with Gasteiger partial charge >= 0.3 is 0 Å². The van der Waals surface area contributed by atoms with Crippen molar-refractivity contribution in [3.63, 3.8) is 0 Å². The van der Waals surface area contributed by atoms with Crippen molar-refractivity contribution in [1.29, 1.82) is 0 Å². The number of rotatable bonds is 8. The number of aliphatic imine (C=N–C) groups is 1. The maximum atomic E-state index is 11.9. The van der Waals surface area contributed by atoms with E-state index >= 15 is 0 Å². The van der Waals surface area contributed by atoms with Crippen molar-refractivity contribution in [3.8, 4) is 0 Å². The lowest BCUT2D eigenvalue weighted by Gasteiger charge is -2.16. The molecule has 1 saturated heterocycles. The van der Waals surface area contributed by atoms with E-state index in [-0.39, 0.29) is 42.3 Å². The van der Waals surface area contributed by atoms with Crippen LogP contribution >= 0.6 is 35.3 Å². The number of anilines is 1. The number of nitrogens with zero attached hydrogens (tertiary/aromatic N) is 3. The Hall–Kier alpha value is -2.14. The third-order valence-corrected chi connectivity index (χ3v) is 5.83. The predicted octanol–water partition coefficient (Wildman–Crippen LogP) is 2.86. The Morgan fingerprint density at radius 2 is 1.97 bits per heavy atom. The number of nitrogens with one attached hydrogen (secondary N) is 2. The SMILES string of the molecule is CN(C)C(=O)CNC(=NCc1ccc(N2CCCC2=O)cc1)NCCc1cccs1.I. The van der Waals surface area contributed by atoms with Crippen LogP contribution in [0.5, 0.6) is 0 Å². The smallest absolute Gasteiger partial charge is 0.241 e. The molecule has 0 bridgehead atoms. The second-order valence-electron chi connectivity index (χ2n) is 7.38. The minimum Gasteiger partial charge on any atom is -0.356 e. The summed E-state index contributed by atoms with van der Waals surface area (Å²) in [5.74, 6) is 0.788. The van der Waals surface area contributed by atoms with Gasteiger partial charge in [-0.25, -0.2) is 4.99 Å². The summed E-state index contributed by atoms with van der Waals surface area (Å²) in [5.41, 5.74) is 1.98. The number of carbonyl (C=O) groups is 2. The van der Waals surface area contributed by atoms with Crippen LogP contribution in [-0.4, -0.2) is 56.4 Å². The van der Waals surface area contributed by atoms with Gasteiger partial charge in [0.05, 0.1) is 13.1 Å². The maximum Gasteiger partial charge on any atom is 0.241 e. The molecule has 1 fully saturated rings. The molecule has 0 atom stereocenters. The molecule has 0 saturated carbocycles. The second kappa shape index (κ2) is 12.7. The molecule has 0 unspecified atom stereocenters. The molecule has 0 spiro atoms. The van der Waals surface area contributed by atoms with Crippen LogP contribution in [0, 0.1) is 0 Å². The summed E-state index contributed by atoms with van der Waals surface area (Å²) >= 11 is 1.73. The van der Waals surface area contributed by atoms with E-state index < -0.39 is 0 Å². The molecule has 1 aromatic carbocycles. The first-order valence-electron chi connectivity index (χ1n) is 10.2. The number of benzene rings is 1. The average molecular weight is 555 g/mol. The van der Waals surface area contributed by atoms with Gasteiger partial charge in [-0.3, -0.25) is 9.59 Å². The van der Waals surface area contributed by atoms with Crippen molar-refractivity contribution in [1.82, 2.24) is 15.5 Å². The fraction of sp³-hybridized carbons (Fsp3) is 0.409. The van der Waals surface area contributed by atoms with Crippen LogP contribution in [0.25, 0.3) is 0 Å². The largest absolute Gasteiger partial charge is 0.356 e. The van der Waals surface area contributed by atoms with Gasteiger partial charge in [-0.1, -0.05) is 18.2 Å². The molecule has 7 nitrogen and oxygen atoms in total. The van der Waals surface area contributed by atoms with Gasteiger partial charge in [0.2, 0.25) is 11.8 Å². The summed E-state index contributed by atoms with van der Waals surface area (Å²) in [6.45, 7) is 2.20. The Kier molecular flexibility index (Phi) is 10.3. The standard InChI is InChI=1S/C22H29N5O2S.HI/c1-26(2)21(29)16-25-22(23-12-11-19-5-4-14-30-19)24-15-17-7-9-18(10-8-17)27-13-3-6-20(27)28;/h4-5,7-10,14H,3,6,11-13,15-16H2,1-2H3,(H2,23,24,25);1H. The van der Waals surface area contributed by atoms with Gasteiger partial charge in [-0.05, 0) is 42.0 Å². The van der Waals surface area contributed by atoms with E-state index in [0.29, 0.717) is 18.9 Å². The highest BCUT2D eigenvalue weighted by molar-refractivity contribution is 14.0. The Balaban J connectivity index is 0.00000341. The quantitative estimate of drug-likeness (QED) is 0.299. The van der Waals surface area contributed by atoms with Crippen molar-refractivity contribution >= 4 is 58.8 Å². The van der Waals surface area contributed by atoms with E-state index in [0.717, 1.165) is 37.2 Å². The second-order valence-corrected chi connectivity index (χ2v) is 8.41. The van der Waals surface area contributed by atoms with Crippen molar-refractivity contribution in [3.05, 3.63) is 52.2 Å². The van der Waals surface area contributed by atoms with Crippen LogP contribution in [0.15, 0.2) is 46.8 Å². The first-order chi connectivity index (χ1) is 14.5. The Morgan fingerprint density at radius 1 is 1.19 bits per heavy atom. The molecule has 168 valence electrons. The zero-order chi connectivity index (χ0) is 21.3. The van der Waals surface area contributed by atoms with Crippen LogP contribution < -0.4 is 15.5 Å². The molecule has 2 amide bonds. The number of amides is 2. The zero-order valence-electron chi connectivity index (χ0n) is 18.0. The van der Waals surface area contributed by atoms with Gasteiger partial charge in [-0.15, -0.1) is 35.3 Å². The predicted molar refractivity (Wildman–Crippen MR) is 137 cm³/mol. The van der Waals surface area contributed by atoms with Crippen molar-refractivity contribution in [2.24, 2.45) is 4.99 Å². The molecule has 31 heavy (non-hydrogen) atoms. The minimum absolute atomic E-state index is 0. The van der Waals surface area contributed by atoms with Gasteiger partial charge in [0, 0.05) is 44.2 Å². The molecule has 1 aliphatic heterocycles. The summed E-state index contributed by atoms with van der Waals surface area (Å²) in [7, 11) is 3.47. The topological polar surface area (TPSA) is 77.0 Å². The van der Waals surface area contributed by atoms with E-state index in [1.807, 2.05) is 35.2 Å². The highest BCUT2D eigenvalue weighted by Gasteiger charge is 2.21. The molecule has 0 radical (unpaired) electrons. The van der Waals surface area contributed by atoms with E-state index in [4.69, 9.17) is 0 Å². The monoisotopic (exact) mass is 555 g/mol. The highest BCUT2D eigenvalue weighted by Crippen LogP contribution is 2.21. The molecule has 1 aliphatic rings. The first-order valence-corrected chi connectivity index (χ1v) is 11.0. The lowest BCUT2D eigenvalue weighted by atomic mass is 10.2. The van der Waals surface area contributed by atoms with Crippen LogP contribution in [-0.2, 0) is 22.6 Å². The third kappa shape index (κ3) is 7.80. The molecule has 2 N–H and O–H groups in total. The normalized spacial score (nSPS) is 13.7. The molecular formula is C22H30IN5O2S. The number of thiophene rings is 1. The van der Waals surface area contributed by atoms with E-state index in [1.54, 1.807) is 30.3 Å². The summed E-state index contributed by atoms with van der Waals surface area (Å²) < 4.78 is 0. The maximum absolute atomic E-state index is 11.9. The van der Waals surface area contributed by atoms with Crippen LogP contribution in [0.3, 0.4) is 0 Å². The van der Waals surface area contributed by atoms with Crippen LogP contribution in [0.1, 0.15) is 23.3 Å². The number of hydrogen-bond donors (Lipinski definition) is 2. The first kappa shape index (κ1) is 25.1. The fourth-order valence-corrected chi connectivity index (χ4v) is 3.83. The average Bonchev–Trinajstić information content (AvgIpc) is 3.41. The van der Waals surface area contributed by atoms with E-state index in [2.05, 4.69) is 27.1 Å². The Morgan fingerprint density at radius 3 is 2.58 bits per heavy atom. The minimum atomic E-state index is -0.0117. The molecule has 1 aromatic heterocycles. The van der Waals surface area contributed by atoms with Gasteiger partial charge in [0.25, 0.3) is 0 Å². The van der Waals surface area contributed by atoms with Crippen LogP contribution in [0.4, 0.5) is 5.69 Å². The number of carbonyl (C=O) groups excluding carboxylic acids is 2. The van der Waals surface area contributed by atoms with Gasteiger partial charge < -0.3 is 20.4 Å². The number of guanidine groups is 1.